The van der Waals surface area contributed by atoms with Crippen LogP contribution in [0.3, 0.4) is 0 Å². The molecule has 94 valence electrons. The summed E-state index contributed by atoms with van der Waals surface area (Å²) in [6.07, 6.45) is 0.822. The van der Waals surface area contributed by atoms with Gasteiger partial charge in [-0.05, 0) is 25.3 Å². The van der Waals surface area contributed by atoms with E-state index in [2.05, 4.69) is 23.8 Å². The minimum atomic E-state index is -0.0860. The SMILES string of the molecule is Cc1cccc(-c2nc(CC(C)C)cc(=O)[nH]2)c1. The van der Waals surface area contributed by atoms with Crippen LogP contribution in [0, 0.1) is 12.8 Å². The Balaban J connectivity index is 2.45. The quantitative estimate of drug-likeness (QED) is 0.899. The van der Waals surface area contributed by atoms with Gasteiger partial charge in [-0.2, -0.15) is 0 Å². The van der Waals surface area contributed by atoms with Gasteiger partial charge in [0, 0.05) is 17.3 Å². The molecule has 0 radical (unpaired) electrons. The van der Waals surface area contributed by atoms with E-state index in [4.69, 9.17) is 0 Å². The highest BCUT2D eigenvalue weighted by molar-refractivity contribution is 5.55. The van der Waals surface area contributed by atoms with Crippen molar-refractivity contribution in [2.24, 2.45) is 5.92 Å². The van der Waals surface area contributed by atoms with Crippen molar-refractivity contribution in [3.05, 3.63) is 51.9 Å². The summed E-state index contributed by atoms with van der Waals surface area (Å²) >= 11 is 0. The standard InChI is InChI=1S/C15H18N2O/c1-10(2)7-13-9-14(18)17-15(16-13)12-6-4-5-11(3)8-12/h4-6,8-10H,7H2,1-3H3,(H,16,17,18). The number of benzene rings is 1. The fourth-order valence-electron chi connectivity index (χ4n) is 1.96. The van der Waals surface area contributed by atoms with Crippen LogP contribution in [0.2, 0.25) is 0 Å². The fraction of sp³-hybridized carbons (Fsp3) is 0.333. The molecule has 0 fully saturated rings. The molecule has 2 aromatic rings. The zero-order valence-electron chi connectivity index (χ0n) is 11.0. The molecular weight excluding hydrogens is 224 g/mol. The molecule has 1 N–H and O–H groups in total. The van der Waals surface area contributed by atoms with Crippen LogP contribution in [0.25, 0.3) is 11.4 Å². The molecule has 0 aliphatic carbocycles. The van der Waals surface area contributed by atoms with Gasteiger partial charge in [-0.25, -0.2) is 4.98 Å². The number of rotatable bonds is 3. The molecule has 1 aromatic carbocycles. The lowest BCUT2D eigenvalue weighted by Gasteiger charge is -2.07. The van der Waals surface area contributed by atoms with Crippen molar-refractivity contribution in [1.82, 2.24) is 9.97 Å². The van der Waals surface area contributed by atoms with Gasteiger partial charge < -0.3 is 4.98 Å². The Bertz CT molecular complexity index is 599. The van der Waals surface area contributed by atoms with Gasteiger partial charge in [-0.15, -0.1) is 0 Å². The van der Waals surface area contributed by atoms with E-state index in [-0.39, 0.29) is 5.56 Å². The molecule has 1 heterocycles. The Labute approximate surface area is 107 Å². The highest BCUT2D eigenvalue weighted by atomic mass is 16.1. The first-order valence-electron chi connectivity index (χ1n) is 6.22. The molecule has 1 aromatic heterocycles. The zero-order valence-corrected chi connectivity index (χ0v) is 11.0. The van der Waals surface area contributed by atoms with Gasteiger partial charge in [-0.3, -0.25) is 4.79 Å². The van der Waals surface area contributed by atoms with Crippen molar-refractivity contribution in [3.63, 3.8) is 0 Å². The Morgan fingerprint density at radius 2 is 2.06 bits per heavy atom. The number of aromatic amines is 1. The van der Waals surface area contributed by atoms with E-state index in [0.717, 1.165) is 23.2 Å². The summed E-state index contributed by atoms with van der Waals surface area (Å²) in [5, 5.41) is 0. The van der Waals surface area contributed by atoms with Gasteiger partial charge in [0.2, 0.25) is 0 Å². The maximum Gasteiger partial charge on any atom is 0.251 e. The number of H-pyrrole nitrogens is 1. The van der Waals surface area contributed by atoms with E-state index in [1.807, 2.05) is 31.2 Å². The lowest BCUT2D eigenvalue weighted by atomic mass is 10.1. The van der Waals surface area contributed by atoms with Crippen molar-refractivity contribution >= 4 is 0 Å². The van der Waals surface area contributed by atoms with Crippen LogP contribution >= 0.6 is 0 Å². The van der Waals surface area contributed by atoms with Crippen LogP contribution in [0.15, 0.2) is 35.1 Å². The highest BCUT2D eigenvalue weighted by Crippen LogP contribution is 2.15. The predicted octanol–water partition coefficient (Wildman–Crippen LogP) is 2.94. The average Bonchev–Trinajstić information content (AvgIpc) is 2.27. The van der Waals surface area contributed by atoms with Crippen molar-refractivity contribution < 1.29 is 0 Å². The van der Waals surface area contributed by atoms with E-state index < -0.39 is 0 Å². The summed E-state index contributed by atoms with van der Waals surface area (Å²) in [7, 11) is 0. The summed E-state index contributed by atoms with van der Waals surface area (Å²) in [5.74, 6) is 1.14. The molecule has 0 unspecified atom stereocenters. The first-order valence-corrected chi connectivity index (χ1v) is 6.22. The fourth-order valence-corrected chi connectivity index (χ4v) is 1.96. The molecule has 0 bridgehead atoms. The Morgan fingerprint density at radius 1 is 1.28 bits per heavy atom. The van der Waals surface area contributed by atoms with Crippen molar-refractivity contribution in [2.75, 3.05) is 0 Å². The monoisotopic (exact) mass is 242 g/mol. The number of aromatic nitrogens is 2. The number of hydrogen-bond acceptors (Lipinski definition) is 2. The average molecular weight is 242 g/mol. The third-order valence-corrected chi connectivity index (χ3v) is 2.70. The van der Waals surface area contributed by atoms with E-state index in [1.54, 1.807) is 6.07 Å². The van der Waals surface area contributed by atoms with E-state index in [9.17, 15) is 4.79 Å². The van der Waals surface area contributed by atoms with Crippen LogP contribution in [0.4, 0.5) is 0 Å². The third kappa shape index (κ3) is 3.06. The van der Waals surface area contributed by atoms with Crippen LogP contribution in [-0.2, 0) is 6.42 Å². The second-order valence-electron chi connectivity index (χ2n) is 5.05. The second kappa shape index (κ2) is 5.17. The summed E-state index contributed by atoms with van der Waals surface area (Å²) in [6.45, 7) is 6.27. The number of nitrogens with one attached hydrogen (secondary N) is 1. The highest BCUT2D eigenvalue weighted by Gasteiger charge is 2.05. The van der Waals surface area contributed by atoms with E-state index in [0.29, 0.717) is 11.7 Å². The van der Waals surface area contributed by atoms with Gasteiger partial charge in [0.15, 0.2) is 0 Å². The summed E-state index contributed by atoms with van der Waals surface area (Å²) < 4.78 is 0. The summed E-state index contributed by atoms with van der Waals surface area (Å²) in [4.78, 5) is 19.0. The maximum absolute atomic E-state index is 11.7. The van der Waals surface area contributed by atoms with Crippen LogP contribution in [0.1, 0.15) is 25.1 Å². The second-order valence-corrected chi connectivity index (χ2v) is 5.05. The van der Waals surface area contributed by atoms with Crippen LogP contribution < -0.4 is 5.56 Å². The van der Waals surface area contributed by atoms with Gasteiger partial charge in [0.05, 0.1) is 0 Å². The zero-order chi connectivity index (χ0) is 13.1. The normalized spacial score (nSPS) is 10.9. The van der Waals surface area contributed by atoms with E-state index >= 15 is 0 Å². The van der Waals surface area contributed by atoms with Crippen molar-refractivity contribution in [3.8, 4) is 11.4 Å². The first kappa shape index (κ1) is 12.6. The molecule has 0 spiro atoms. The molecule has 0 atom stereocenters. The molecule has 0 saturated heterocycles. The van der Waals surface area contributed by atoms with Gasteiger partial charge in [0.25, 0.3) is 5.56 Å². The molecule has 0 aliphatic heterocycles. The topological polar surface area (TPSA) is 45.8 Å². The third-order valence-electron chi connectivity index (χ3n) is 2.70. The summed E-state index contributed by atoms with van der Waals surface area (Å²) in [5.41, 5.74) is 2.88. The molecule has 2 rings (SSSR count). The Morgan fingerprint density at radius 3 is 2.72 bits per heavy atom. The molecule has 18 heavy (non-hydrogen) atoms. The lowest BCUT2D eigenvalue weighted by Crippen LogP contribution is -2.11. The Hall–Kier alpha value is -1.90. The van der Waals surface area contributed by atoms with Crippen molar-refractivity contribution in [2.45, 2.75) is 27.2 Å². The summed E-state index contributed by atoms with van der Waals surface area (Å²) in [6, 6.07) is 9.57. The van der Waals surface area contributed by atoms with Crippen molar-refractivity contribution in [1.29, 1.82) is 0 Å². The lowest BCUT2D eigenvalue weighted by molar-refractivity contribution is 0.634. The number of hydrogen-bond donors (Lipinski definition) is 1. The predicted molar refractivity (Wildman–Crippen MR) is 73.6 cm³/mol. The first-order chi connectivity index (χ1) is 8.54. The molecule has 0 saturated carbocycles. The minimum absolute atomic E-state index is 0.0860. The molecule has 0 amide bonds. The molecular formula is C15H18N2O. The van der Waals surface area contributed by atoms with Gasteiger partial charge in [0.1, 0.15) is 5.82 Å². The molecule has 3 nitrogen and oxygen atoms in total. The van der Waals surface area contributed by atoms with Crippen LogP contribution in [0.5, 0.6) is 0 Å². The molecule has 0 aliphatic rings. The number of aryl methyl sites for hydroxylation is 1. The maximum atomic E-state index is 11.7. The van der Waals surface area contributed by atoms with Crippen LogP contribution in [-0.4, -0.2) is 9.97 Å². The Kier molecular flexibility index (Phi) is 3.60. The van der Waals surface area contributed by atoms with Gasteiger partial charge >= 0.3 is 0 Å². The van der Waals surface area contributed by atoms with Gasteiger partial charge in [-0.1, -0.05) is 37.6 Å². The smallest absolute Gasteiger partial charge is 0.251 e. The molecule has 3 heteroatoms. The largest absolute Gasteiger partial charge is 0.307 e. The van der Waals surface area contributed by atoms with E-state index in [1.165, 1.54) is 0 Å². The minimum Gasteiger partial charge on any atom is -0.307 e. The number of nitrogens with zero attached hydrogens (tertiary/aromatic N) is 1.